The molecule has 3 amide bonds. The topological polar surface area (TPSA) is 65.5 Å². The second-order valence-electron chi connectivity index (χ2n) is 6.21. The summed E-state index contributed by atoms with van der Waals surface area (Å²) >= 11 is 0. The van der Waals surface area contributed by atoms with Gasteiger partial charge in [-0.3, -0.25) is 9.78 Å². The standard InChI is InChI=1S/C17H24N4O2/c22-16-7-4-10-20(16)12-9-19-17(23)21-11-2-1-6-15(21)14-5-3-8-18-13-14/h3,5,8,13,15H,1-2,4,6-7,9-12H2,(H,19,23)/t15-/m1/s1. The van der Waals surface area contributed by atoms with E-state index in [0.29, 0.717) is 19.5 Å². The molecule has 1 aromatic rings. The maximum absolute atomic E-state index is 12.5. The number of nitrogens with one attached hydrogen (secondary N) is 1. The normalized spacial score (nSPS) is 21.6. The Balaban J connectivity index is 1.55. The zero-order chi connectivity index (χ0) is 16.1. The molecule has 0 radical (unpaired) electrons. The zero-order valence-electron chi connectivity index (χ0n) is 13.4. The molecule has 6 heteroatoms. The first-order valence-electron chi connectivity index (χ1n) is 8.48. The van der Waals surface area contributed by atoms with Gasteiger partial charge in [-0.25, -0.2) is 4.79 Å². The molecule has 124 valence electrons. The Morgan fingerprint density at radius 2 is 2.22 bits per heavy atom. The van der Waals surface area contributed by atoms with Crippen molar-refractivity contribution in [2.24, 2.45) is 0 Å². The Labute approximate surface area is 136 Å². The monoisotopic (exact) mass is 316 g/mol. The number of aromatic nitrogens is 1. The number of amides is 3. The fourth-order valence-electron chi connectivity index (χ4n) is 3.43. The number of hydrogen-bond donors (Lipinski definition) is 1. The molecular weight excluding hydrogens is 292 g/mol. The summed E-state index contributed by atoms with van der Waals surface area (Å²) in [7, 11) is 0. The van der Waals surface area contributed by atoms with Gasteiger partial charge < -0.3 is 15.1 Å². The lowest BCUT2D eigenvalue weighted by Gasteiger charge is -2.36. The highest BCUT2D eigenvalue weighted by atomic mass is 16.2. The lowest BCUT2D eigenvalue weighted by molar-refractivity contribution is -0.127. The van der Waals surface area contributed by atoms with E-state index in [1.807, 2.05) is 28.1 Å². The van der Waals surface area contributed by atoms with E-state index < -0.39 is 0 Å². The van der Waals surface area contributed by atoms with Crippen molar-refractivity contribution in [3.05, 3.63) is 30.1 Å². The number of hydrogen-bond acceptors (Lipinski definition) is 3. The van der Waals surface area contributed by atoms with Crippen LogP contribution in [-0.4, -0.2) is 52.9 Å². The van der Waals surface area contributed by atoms with Gasteiger partial charge in [-0.2, -0.15) is 0 Å². The summed E-state index contributed by atoms with van der Waals surface area (Å²) in [4.78, 5) is 32.0. The highest BCUT2D eigenvalue weighted by Gasteiger charge is 2.28. The van der Waals surface area contributed by atoms with Crippen LogP contribution in [0.15, 0.2) is 24.5 Å². The Morgan fingerprint density at radius 1 is 1.30 bits per heavy atom. The molecule has 0 saturated carbocycles. The fourth-order valence-corrected chi connectivity index (χ4v) is 3.43. The van der Waals surface area contributed by atoms with Gasteiger partial charge >= 0.3 is 6.03 Å². The molecule has 1 aromatic heterocycles. The van der Waals surface area contributed by atoms with Crippen molar-refractivity contribution in [1.82, 2.24) is 20.1 Å². The number of urea groups is 1. The van der Waals surface area contributed by atoms with Crippen LogP contribution in [-0.2, 0) is 4.79 Å². The van der Waals surface area contributed by atoms with Crippen LogP contribution in [0.2, 0.25) is 0 Å². The van der Waals surface area contributed by atoms with Gasteiger partial charge in [0.15, 0.2) is 0 Å². The summed E-state index contributed by atoms with van der Waals surface area (Å²) < 4.78 is 0. The Kier molecular flexibility index (Phi) is 5.10. The number of pyridine rings is 1. The van der Waals surface area contributed by atoms with Crippen LogP contribution in [0.5, 0.6) is 0 Å². The van der Waals surface area contributed by atoms with Crippen molar-refractivity contribution >= 4 is 11.9 Å². The van der Waals surface area contributed by atoms with Gasteiger partial charge in [0.25, 0.3) is 0 Å². The van der Waals surface area contributed by atoms with Gasteiger partial charge in [0.05, 0.1) is 6.04 Å². The first-order valence-corrected chi connectivity index (χ1v) is 8.48. The average molecular weight is 316 g/mol. The fraction of sp³-hybridized carbons (Fsp3) is 0.588. The molecule has 6 nitrogen and oxygen atoms in total. The van der Waals surface area contributed by atoms with Crippen LogP contribution < -0.4 is 5.32 Å². The van der Waals surface area contributed by atoms with Crippen LogP contribution in [0, 0.1) is 0 Å². The van der Waals surface area contributed by atoms with Gasteiger partial charge in [0.1, 0.15) is 0 Å². The van der Waals surface area contributed by atoms with Gasteiger partial charge in [0, 0.05) is 45.0 Å². The van der Waals surface area contributed by atoms with Gasteiger partial charge in [-0.15, -0.1) is 0 Å². The Morgan fingerprint density at radius 3 is 2.96 bits per heavy atom. The SMILES string of the molecule is O=C1CCCN1CCNC(=O)N1CCCC[C@@H]1c1cccnc1. The number of nitrogens with zero attached hydrogens (tertiary/aromatic N) is 3. The molecule has 2 saturated heterocycles. The van der Waals surface area contributed by atoms with Crippen LogP contribution >= 0.6 is 0 Å². The molecule has 0 aromatic carbocycles. The molecule has 0 aliphatic carbocycles. The predicted molar refractivity (Wildman–Crippen MR) is 86.7 cm³/mol. The van der Waals surface area contributed by atoms with Crippen LogP contribution in [0.3, 0.4) is 0 Å². The molecule has 3 heterocycles. The van der Waals surface area contributed by atoms with Crippen molar-refractivity contribution in [2.45, 2.75) is 38.1 Å². The highest BCUT2D eigenvalue weighted by molar-refractivity contribution is 5.78. The lowest BCUT2D eigenvalue weighted by Crippen LogP contribution is -2.46. The summed E-state index contributed by atoms with van der Waals surface area (Å²) in [6, 6.07) is 4.02. The number of piperidine rings is 1. The molecule has 2 aliphatic rings. The molecule has 1 N–H and O–H groups in total. The van der Waals surface area contributed by atoms with Crippen molar-refractivity contribution in [3.8, 4) is 0 Å². The quantitative estimate of drug-likeness (QED) is 0.923. The van der Waals surface area contributed by atoms with Crippen LogP contribution in [0.4, 0.5) is 4.79 Å². The number of carbonyl (C=O) groups is 2. The minimum absolute atomic E-state index is 0.0369. The minimum Gasteiger partial charge on any atom is -0.341 e. The summed E-state index contributed by atoms with van der Waals surface area (Å²) in [5.74, 6) is 0.199. The van der Waals surface area contributed by atoms with Crippen molar-refractivity contribution in [2.75, 3.05) is 26.2 Å². The molecule has 0 spiro atoms. The third-order valence-corrected chi connectivity index (χ3v) is 4.66. The number of rotatable bonds is 4. The third kappa shape index (κ3) is 3.81. The van der Waals surface area contributed by atoms with Crippen molar-refractivity contribution < 1.29 is 9.59 Å². The number of carbonyl (C=O) groups excluding carboxylic acids is 2. The van der Waals surface area contributed by atoms with Crippen molar-refractivity contribution in [3.63, 3.8) is 0 Å². The molecule has 1 atom stereocenters. The number of likely N-dealkylation sites (tertiary alicyclic amines) is 2. The van der Waals surface area contributed by atoms with Gasteiger partial charge in [-0.1, -0.05) is 6.07 Å². The van der Waals surface area contributed by atoms with Crippen molar-refractivity contribution in [1.29, 1.82) is 0 Å². The largest absolute Gasteiger partial charge is 0.341 e. The van der Waals surface area contributed by atoms with E-state index in [2.05, 4.69) is 10.3 Å². The lowest BCUT2D eigenvalue weighted by atomic mass is 9.97. The molecule has 0 bridgehead atoms. The smallest absolute Gasteiger partial charge is 0.317 e. The minimum atomic E-state index is -0.0369. The summed E-state index contributed by atoms with van der Waals surface area (Å²) in [6.07, 6.45) is 8.32. The van der Waals surface area contributed by atoms with E-state index in [1.54, 1.807) is 6.20 Å². The molecule has 23 heavy (non-hydrogen) atoms. The average Bonchev–Trinajstić information content (AvgIpc) is 3.01. The Bertz CT molecular complexity index is 549. The molecule has 0 unspecified atom stereocenters. The van der Waals surface area contributed by atoms with Crippen LogP contribution in [0.25, 0.3) is 0 Å². The summed E-state index contributed by atoms with van der Waals surface area (Å²) in [6.45, 7) is 2.71. The summed E-state index contributed by atoms with van der Waals surface area (Å²) in [5.41, 5.74) is 1.09. The Hall–Kier alpha value is -2.11. The van der Waals surface area contributed by atoms with E-state index in [0.717, 1.165) is 44.3 Å². The molecular formula is C17H24N4O2. The van der Waals surface area contributed by atoms with Gasteiger partial charge in [-0.05, 0) is 37.3 Å². The first kappa shape index (κ1) is 15.8. The maximum atomic E-state index is 12.5. The molecule has 3 rings (SSSR count). The maximum Gasteiger partial charge on any atom is 0.317 e. The van der Waals surface area contributed by atoms with E-state index in [-0.39, 0.29) is 18.0 Å². The van der Waals surface area contributed by atoms with E-state index in [1.165, 1.54) is 0 Å². The first-order chi connectivity index (χ1) is 11.3. The molecule has 2 aliphatic heterocycles. The van der Waals surface area contributed by atoms with Gasteiger partial charge in [0.2, 0.25) is 5.91 Å². The highest BCUT2D eigenvalue weighted by Crippen LogP contribution is 2.30. The third-order valence-electron chi connectivity index (χ3n) is 4.66. The zero-order valence-corrected chi connectivity index (χ0v) is 13.4. The van der Waals surface area contributed by atoms with E-state index in [4.69, 9.17) is 0 Å². The predicted octanol–water partition coefficient (Wildman–Crippen LogP) is 1.94. The van der Waals surface area contributed by atoms with E-state index >= 15 is 0 Å². The van der Waals surface area contributed by atoms with E-state index in [9.17, 15) is 9.59 Å². The van der Waals surface area contributed by atoms with Crippen LogP contribution in [0.1, 0.15) is 43.7 Å². The second kappa shape index (κ2) is 7.44. The second-order valence-corrected chi connectivity index (χ2v) is 6.21. The molecule has 2 fully saturated rings. The summed E-state index contributed by atoms with van der Waals surface area (Å²) in [5, 5.41) is 2.97.